The second-order valence-corrected chi connectivity index (χ2v) is 6.04. The lowest BCUT2D eigenvalue weighted by Gasteiger charge is -2.34. The summed E-state index contributed by atoms with van der Waals surface area (Å²) in [6, 6.07) is 1.12. The molecule has 3 rings (SSSR count). The minimum Gasteiger partial charge on any atom is -0.307 e. The average Bonchev–Trinajstić information content (AvgIpc) is 2.84. The highest BCUT2D eigenvalue weighted by atomic mass is 15.3. The van der Waals surface area contributed by atoms with E-state index in [2.05, 4.69) is 34.5 Å². The van der Waals surface area contributed by atoms with Crippen molar-refractivity contribution in [3.05, 3.63) is 17.5 Å². The molecule has 0 spiro atoms. The van der Waals surface area contributed by atoms with Crippen LogP contribution in [0, 0.1) is 12.3 Å². The Morgan fingerprint density at radius 2 is 2.20 bits per heavy atom. The molecular weight excluding hydrogens is 248 g/mol. The molecule has 1 aliphatic carbocycles. The quantitative estimate of drug-likeness (QED) is 0.846. The Hall–Kier alpha value is -1.31. The zero-order valence-electron chi connectivity index (χ0n) is 12.3. The van der Waals surface area contributed by atoms with Crippen molar-refractivity contribution >= 4 is 0 Å². The van der Waals surface area contributed by atoms with Crippen molar-refractivity contribution in [2.75, 3.05) is 19.6 Å². The molecule has 1 aliphatic heterocycles. The molecule has 1 aromatic rings. The van der Waals surface area contributed by atoms with E-state index in [9.17, 15) is 0 Å². The van der Waals surface area contributed by atoms with Crippen molar-refractivity contribution in [1.29, 1.82) is 0 Å². The first kappa shape index (κ1) is 13.7. The number of fused-ring (bicyclic) bond motifs is 1. The predicted molar refractivity (Wildman–Crippen MR) is 80.3 cm³/mol. The SMILES string of the molecule is C#CCN1CCC(NC2CCCc3c2cnn3C)CC1. The number of nitrogens with zero attached hydrogens (tertiary/aromatic N) is 3. The van der Waals surface area contributed by atoms with E-state index in [1.807, 2.05) is 4.68 Å². The predicted octanol–water partition coefficient (Wildman–Crippen LogP) is 1.48. The van der Waals surface area contributed by atoms with Crippen molar-refractivity contribution in [3.63, 3.8) is 0 Å². The fourth-order valence-corrected chi connectivity index (χ4v) is 3.55. The van der Waals surface area contributed by atoms with E-state index in [-0.39, 0.29) is 0 Å². The van der Waals surface area contributed by atoms with Gasteiger partial charge in [0.2, 0.25) is 0 Å². The molecule has 4 nitrogen and oxygen atoms in total. The Balaban J connectivity index is 1.59. The van der Waals surface area contributed by atoms with E-state index >= 15 is 0 Å². The molecule has 2 heterocycles. The zero-order valence-corrected chi connectivity index (χ0v) is 12.3. The molecule has 1 saturated heterocycles. The summed E-state index contributed by atoms with van der Waals surface area (Å²) in [6.07, 6.45) is 13.5. The van der Waals surface area contributed by atoms with E-state index in [1.54, 1.807) is 0 Å². The molecule has 1 aromatic heterocycles. The van der Waals surface area contributed by atoms with E-state index < -0.39 is 0 Å². The summed E-state index contributed by atoms with van der Waals surface area (Å²) in [4.78, 5) is 2.37. The summed E-state index contributed by atoms with van der Waals surface area (Å²) >= 11 is 0. The van der Waals surface area contributed by atoms with E-state index in [4.69, 9.17) is 6.42 Å². The summed E-state index contributed by atoms with van der Waals surface area (Å²) in [6.45, 7) is 3.03. The molecule has 0 saturated carbocycles. The number of hydrogen-bond acceptors (Lipinski definition) is 3. The van der Waals surface area contributed by atoms with Crippen molar-refractivity contribution in [2.45, 2.75) is 44.2 Å². The normalized spacial score (nSPS) is 24.3. The van der Waals surface area contributed by atoms with Crippen molar-refractivity contribution in [3.8, 4) is 12.3 Å². The molecule has 0 amide bonds. The van der Waals surface area contributed by atoms with Crippen molar-refractivity contribution < 1.29 is 0 Å². The molecule has 20 heavy (non-hydrogen) atoms. The topological polar surface area (TPSA) is 33.1 Å². The van der Waals surface area contributed by atoms with Crippen LogP contribution >= 0.6 is 0 Å². The van der Waals surface area contributed by atoms with Crippen LogP contribution < -0.4 is 5.32 Å². The lowest BCUT2D eigenvalue weighted by Crippen LogP contribution is -2.44. The molecule has 4 heteroatoms. The van der Waals surface area contributed by atoms with Gasteiger partial charge < -0.3 is 5.32 Å². The minimum absolute atomic E-state index is 0.497. The molecule has 0 aromatic carbocycles. The first-order valence-electron chi connectivity index (χ1n) is 7.70. The van der Waals surface area contributed by atoms with Crippen LogP contribution in [0.3, 0.4) is 0 Å². The summed E-state index contributed by atoms with van der Waals surface area (Å²) in [5, 5.41) is 8.28. The smallest absolute Gasteiger partial charge is 0.0598 e. The first-order valence-corrected chi connectivity index (χ1v) is 7.70. The third-order valence-corrected chi connectivity index (χ3v) is 4.72. The van der Waals surface area contributed by atoms with Crippen LogP contribution in [0.5, 0.6) is 0 Å². The number of hydrogen-bond donors (Lipinski definition) is 1. The van der Waals surface area contributed by atoms with Gasteiger partial charge in [-0.3, -0.25) is 9.58 Å². The van der Waals surface area contributed by atoms with Crippen molar-refractivity contribution in [1.82, 2.24) is 20.0 Å². The molecule has 1 N–H and O–H groups in total. The van der Waals surface area contributed by atoms with Gasteiger partial charge in [0.15, 0.2) is 0 Å². The van der Waals surface area contributed by atoms with Crippen LogP contribution in [0.4, 0.5) is 0 Å². The Labute approximate surface area is 121 Å². The largest absolute Gasteiger partial charge is 0.307 e. The maximum absolute atomic E-state index is 5.38. The summed E-state index contributed by atoms with van der Waals surface area (Å²) in [5.74, 6) is 2.74. The van der Waals surface area contributed by atoms with Gasteiger partial charge in [-0.25, -0.2) is 0 Å². The van der Waals surface area contributed by atoms with Crippen LogP contribution in [0.25, 0.3) is 0 Å². The summed E-state index contributed by atoms with van der Waals surface area (Å²) < 4.78 is 2.04. The van der Waals surface area contributed by atoms with Crippen LogP contribution in [-0.4, -0.2) is 40.4 Å². The van der Waals surface area contributed by atoms with E-state index in [0.29, 0.717) is 12.1 Å². The number of piperidine rings is 1. The molecule has 108 valence electrons. The Bertz CT molecular complexity index is 491. The van der Waals surface area contributed by atoms with Crippen LogP contribution in [0.15, 0.2) is 6.20 Å². The second kappa shape index (κ2) is 5.99. The molecule has 1 fully saturated rings. The summed E-state index contributed by atoms with van der Waals surface area (Å²) in [5.41, 5.74) is 2.84. The second-order valence-electron chi connectivity index (χ2n) is 6.04. The van der Waals surface area contributed by atoms with Gasteiger partial charge in [0.25, 0.3) is 0 Å². The number of terminal acetylenes is 1. The van der Waals surface area contributed by atoms with Crippen LogP contribution in [-0.2, 0) is 13.5 Å². The Morgan fingerprint density at radius 1 is 1.40 bits per heavy atom. The number of nitrogens with one attached hydrogen (secondary N) is 1. The monoisotopic (exact) mass is 272 g/mol. The fraction of sp³-hybridized carbons (Fsp3) is 0.688. The third-order valence-electron chi connectivity index (χ3n) is 4.72. The highest BCUT2D eigenvalue weighted by molar-refractivity contribution is 5.24. The van der Waals surface area contributed by atoms with Gasteiger partial charge >= 0.3 is 0 Å². The Morgan fingerprint density at radius 3 is 2.95 bits per heavy atom. The standard InChI is InChI=1S/C16H24N4/c1-3-9-20-10-7-13(8-11-20)18-15-5-4-6-16-14(15)12-17-19(16)2/h1,12-13,15,18H,4-11H2,2H3. The van der Waals surface area contributed by atoms with Gasteiger partial charge in [-0.05, 0) is 32.1 Å². The number of likely N-dealkylation sites (tertiary alicyclic amines) is 1. The number of aromatic nitrogens is 2. The molecular formula is C16H24N4. The lowest BCUT2D eigenvalue weighted by molar-refractivity contribution is 0.206. The maximum Gasteiger partial charge on any atom is 0.0598 e. The molecule has 1 unspecified atom stereocenters. The fourth-order valence-electron chi connectivity index (χ4n) is 3.55. The molecule has 2 aliphatic rings. The van der Waals surface area contributed by atoms with Gasteiger partial charge in [0, 0.05) is 43.5 Å². The zero-order chi connectivity index (χ0) is 13.9. The minimum atomic E-state index is 0.497. The van der Waals surface area contributed by atoms with E-state index in [1.165, 1.54) is 43.4 Å². The molecule has 0 bridgehead atoms. The highest BCUT2D eigenvalue weighted by Gasteiger charge is 2.27. The van der Waals surface area contributed by atoms with Crippen LogP contribution in [0.2, 0.25) is 0 Å². The van der Waals surface area contributed by atoms with E-state index in [0.717, 1.165) is 19.6 Å². The van der Waals surface area contributed by atoms with Gasteiger partial charge in [0.05, 0.1) is 12.7 Å². The van der Waals surface area contributed by atoms with Gasteiger partial charge in [-0.2, -0.15) is 5.10 Å². The van der Waals surface area contributed by atoms with Crippen LogP contribution in [0.1, 0.15) is 43.0 Å². The third kappa shape index (κ3) is 2.74. The molecule has 1 atom stereocenters. The molecule has 0 radical (unpaired) electrons. The first-order chi connectivity index (χ1) is 9.78. The number of aryl methyl sites for hydroxylation is 1. The maximum atomic E-state index is 5.38. The van der Waals surface area contributed by atoms with Gasteiger partial charge in [-0.15, -0.1) is 6.42 Å². The lowest BCUT2D eigenvalue weighted by atomic mass is 9.91. The summed E-state index contributed by atoms with van der Waals surface area (Å²) in [7, 11) is 2.06. The highest BCUT2D eigenvalue weighted by Crippen LogP contribution is 2.30. The van der Waals surface area contributed by atoms with Gasteiger partial charge in [-0.1, -0.05) is 5.92 Å². The average molecular weight is 272 g/mol. The van der Waals surface area contributed by atoms with Crippen molar-refractivity contribution in [2.24, 2.45) is 7.05 Å². The van der Waals surface area contributed by atoms with Gasteiger partial charge in [0.1, 0.15) is 0 Å². The number of rotatable bonds is 3. The Kier molecular flexibility index (Phi) is 4.09.